The molecule has 4 nitrogen and oxygen atoms in total. The molecule has 4 rings (SSSR count). The van der Waals surface area contributed by atoms with Crippen molar-refractivity contribution in [2.24, 2.45) is 46.3 Å². The molecule has 11 atom stereocenters. The van der Waals surface area contributed by atoms with Crippen molar-refractivity contribution >= 4 is 0 Å². The lowest BCUT2D eigenvalue weighted by atomic mass is 9.43. The highest BCUT2D eigenvalue weighted by molar-refractivity contribution is 5.14. The fourth-order valence-electron chi connectivity index (χ4n) is 8.91. The van der Waals surface area contributed by atoms with E-state index in [1.807, 2.05) is 13.8 Å². The molecule has 0 aromatic rings. The molecule has 0 bridgehead atoms. The number of fused-ring (bicyclic) bond motifs is 5. The molecule has 4 aliphatic rings. The summed E-state index contributed by atoms with van der Waals surface area (Å²) in [4.78, 5) is 0. The summed E-state index contributed by atoms with van der Waals surface area (Å²) >= 11 is 0. The monoisotopic (exact) mass is 422 g/mol. The van der Waals surface area contributed by atoms with Crippen molar-refractivity contribution in [1.82, 2.24) is 0 Å². The van der Waals surface area contributed by atoms with Gasteiger partial charge in [0, 0.05) is 0 Å². The summed E-state index contributed by atoms with van der Waals surface area (Å²) in [6.07, 6.45) is 7.46. The maximum Gasteiger partial charge on any atom is 0.0602 e. The molecule has 0 aromatic heterocycles. The summed E-state index contributed by atoms with van der Waals surface area (Å²) in [6, 6.07) is 0. The molecule has 0 saturated heterocycles. The van der Waals surface area contributed by atoms with E-state index in [0.717, 1.165) is 57.8 Å². The van der Waals surface area contributed by atoms with Gasteiger partial charge in [-0.25, -0.2) is 0 Å². The van der Waals surface area contributed by atoms with Crippen molar-refractivity contribution in [2.45, 2.75) is 116 Å². The second-order valence-corrected chi connectivity index (χ2v) is 12.9. The second kappa shape index (κ2) is 7.71. The molecule has 0 unspecified atom stereocenters. The van der Waals surface area contributed by atoms with Crippen molar-refractivity contribution in [3.8, 4) is 0 Å². The van der Waals surface area contributed by atoms with Crippen molar-refractivity contribution in [2.75, 3.05) is 0 Å². The highest BCUT2D eigenvalue weighted by atomic mass is 16.3. The third kappa shape index (κ3) is 3.58. The molecule has 0 amide bonds. The van der Waals surface area contributed by atoms with E-state index in [1.54, 1.807) is 0 Å². The normalized spacial score (nSPS) is 52.3. The van der Waals surface area contributed by atoms with E-state index in [9.17, 15) is 20.4 Å². The van der Waals surface area contributed by atoms with Crippen LogP contribution in [0.1, 0.15) is 92.4 Å². The zero-order valence-corrected chi connectivity index (χ0v) is 19.8. The summed E-state index contributed by atoms with van der Waals surface area (Å²) in [6.45, 7) is 10.8. The van der Waals surface area contributed by atoms with Crippen LogP contribution < -0.4 is 0 Å². The molecular formula is C26H46O4. The molecule has 4 aliphatic carbocycles. The van der Waals surface area contributed by atoms with Crippen LogP contribution in [0.5, 0.6) is 0 Å². The lowest BCUT2D eigenvalue weighted by molar-refractivity contribution is -0.207. The van der Waals surface area contributed by atoms with Gasteiger partial charge in [0.05, 0.1) is 23.9 Å². The molecular weight excluding hydrogens is 376 g/mol. The topological polar surface area (TPSA) is 80.9 Å². The number of hydrogen-bond acceptors (Lipinski definition) is 4. The van der Waals surface area contributed by atoms with Gasteiger partial charge in [0.2, 0.25) is 0 Å². The summed E-state index contributed by atoms with van der Waals surface area (Å²) in [5.74, 6) is 2.30. The van der Waals surface area contributed by atoms with Gasteiger partial charge in [-0.1, -0.05) is 20.8 Å². The highest BCUT2D eigenvalue weighted by Gasteiger charge is 2.65. The second-order valence-electron chi connectivity index (χ2n) is 12.9. The zero-order chi connectivity index (χ0) is 22.1. The molecule has 174 valence electrons. The van der Waals surface area contributed by atoms with Gasteiger partial charge >= 0.3 is 0 Å². The van der Waals surface area contributed by atoms with Crippen LogP contribution in [0.15, 0.2) is 0 Å². The Balaban J connectivity index is 1.59. The van der Waals surface area contributed by atoms with E-state index in [0.29, 0.717) is 29.6 Å². The summed E-state index contributed by atoms with van der Waals surface area (Å²) in [7, 11) is 0. The van der Waals surface area contributed by atoms with E-state index >= 15 is 0 Å². The van der Waals surface area contributed by atoms with Gasteiger partial charge in [-0.05, 0) is 118 Å². The average molecular weight is 423 g/mol. The van der Waals surface area contributed by atoms with Gasteiger partial charge in [0.15, 0.2) is 0 Å². The Hall–Kier alpha value is -0.160. The first-order valence-corrected chi connectivity index (χ1v) is 12.6. The van der Waals surface area contributed by atoms with Gasteiger partial charge in [-0.3, -0.25) is 0 Å². The fourth-order valence-corrected chi connectivity index (χ4v) is 8.91. The predicted molar refractivity (Wildman–Crippen MR) is 119 cm³/mol. The average Bonchev–Trinajstić information content (AvgIpc) is 3.00. The van der Waals surface area contributed by atoms with Crippen LogP contribution in [-0.4, -0.2) is 44.3 Å². The Bertz CT molecular complexity index is 629. The molecule has 0 heterocycles. The van der Waals surface area contributed by atoms with Crippen LogP contribution in [0.25, 0.3) is 0 Å². The lowest BCUT2D eigenvalue weighted by Crippen LogP contribution is -2.62. The van der Waals surface area contributed by atoms with Crippen LogP contribution >= 0.6 is 0 Å². The molecule has 4 N–H and O–H groups in total. The van der Waals surface area contributed by atoms with Crippen LogP contribution in [0, 0.1) is 46.3 Å². The Morgan fingerprint density at radius 2 is 1.67 bits per heavy atom. The van der Waals surface area contributed by atoms with Crippen LogP contribution in [-0.2, 0) is 0 Å². The van der Waals surface area contributed by atoms with Gasteiger partial charge in [0.1, 0.15) is 0 Å². The third-order valence-electron chi connectivity index (χ3n) is 10.7. The predicted octanol–water partition coefficient (Wildman–Crippen LogP) is 4.14. The molecule has 0 aromatic carbocycles. The highest BCUT2D eigenvalue weighted by Crippen LogP contribution is 2.68. The smallest absolute Gasteiger partial charge is 0.0602 e. The Morgan fingerprint density at radius 3 is 2.33 bits per heavy atom. The van der Waals surface area contributed by atoms with E-state index in [-0.39, 0.29) is 35.1 Å². The minimum absolute atomic E-state index is 0.135. The summed E-state index contributed by atoms with van der Waals surface area (Å²) in [5.41, 5.74) is -0.646. The number of aliphatic hydroxyl groups is 4. The van der Waals surface area contributed by atoms with Gasteiger partial charge in [0.25, 0.3) is 0 Å². The first-order chi connectivity index (χ1) is 13.9. The van der Waals surface area contributed by atoms with Crippen molar-refractivity contribution < 1.29 is 20.4 Å². The lowest BCUT2D eigenvalue weighted by Gasteiger charge is -2.63. The van der Waals surface area contributed by atoms with Crippen molar-refractivity contribution in [3.05, 3.63) is 0 Å². The Morgan fingerprint density at radius 1 is 0.967 bits per heavy atom. The minimum Gasteiger partial charge on any atom is -0.393 e. The Labute approximate surface area is 183 Å². The van der Waals surface area contributed by atoms with Crippen LogP contribution in [0.4, 0.5) is 0 Å². The van der Waals surface area contributed by atoms with E-state index < -0.39 is 5.60 Å². The van der Waals surface area contributed by atoms with E-state index in [4.69, 9.17) is 0 Å². The van der Waals surface area contributed by atoms with Gasteiger partial charge in [-0.15, -0.1) is 0 Å². The van der Waals surface area contributed by atoms with Crippen LogP contribution in [0.3, 0.4) is 0 Å². The number of aliphatic hydroxyl groups excluding tert-OH is 3. The van der Waals surface area contributed by atoms with Crippen LogP contribution in [0.2, 0.25) is 0 Å². The standard InChI is InChI=1S/C26H46O4/c1-15(8-10-24(2,3)30)18-6-7-19-23-20(14-22(29)26(18,19)5)25(4)11-9-17(27)12-16(25)13-21(23)28/h15-23,27-30H,6-14H2,1-5H3/t15-,16-,17+,18+,19-,20-,21-,22-,23-,25+,26+/m1/s1. The number of hydrogen-bond donors (Lipinski definition) is 4. The largest absolute Gasteiger partial charge is 0.393 e. The maximum absolute atomic E-state index is 11.6. The molecule has 4 fully saturated rings. The van der Waals surface area contributed by atoms with E-state index in [1.165, 1.54) is 0 Å². The van der Waals surface area contributed by atoms with Gasteiger partial charge in [-0.2, -0.15) is 0 Å². The van der Waals surface area contributed by atoms with Gasteiger partial charge < -0.3 is 20.4 Å². The molecule has 4 saturated carbocycles. The SMILES string of the molecule is C[C@H](CCC(C)(C)O)[C@@H]1CC[C@@H]2[C@H]3[C@H](O)C[C@H]4C[C@@H](O)CC[C@]4(C)[C@@H]3C[C@@H](O)[C@]21C. The molecule has 0 radical (unpaired) electrons. The first-order valence-electron chi connectivity index (χ1n) is 12.6. The molecule has 0 spiro atoms. The quantitative estimate of drug-likeness (QED) is 0.549. The zero-order valence-electron chi connectivity index (χ0n) is 19.8. The van der Waals surface area contributed by atoms with E-state index in [2.05, 4.69) is 20.8 Å². The maximum atomic E-state index is 11.6. The molecule has 4 heteroatoms. The third-order valence-corrected chi connectivity index (χ3v) is 10.7. The van der Waals surface area contributed by atoms with Crippen molar-refractivity contribution in [1.29, 1.82) is 0 Å². The first kappa shape index (κ1) is 23.0. The minimum atomic E-state index is -0.641. The molecule has 30 heavy (non-hydrogen) atoms. The Kier molecular flexibility index (Phi) is 5.92. The fraction of sp³-hybridized carbons (Fsp3) is 1.00. The molecule has 0 aliphatic heterocycles. The summed E-state index contributed by atoms with van der Waals surface area (Å²) in [5, 5.41) is 43.4. The van der Waals surface area contributed by atoms with Crippen molar-refractivity contribution in [3.63, 3.8) is 0 Å². The number of rotatable bonds is 4. The summed E-state index contributed by atoms with van der Waals surface area (Å²) < 4.78 is 0.